The van der Waals surface area contributed by atoms with Gasteiger partial charge in [-0.1, -0.05) is 30.3 Å². The van der Waals surface area contributed by atoms with Gasteiger partial charge in [0.2, 0.25) is 5.91 Å². The molecule has 2 aliphatic heterocycles. The highest BCUT2D eigenvalue weighted by atomic mass is 127. The summed E-state index contributed by atoms with van der Waals surface area (Å²) in [5.41, 5.74) is -0.451. The fraction of sp³-hybridized carbons (Fsp3) is 0.348. The zero-order chi connectivity index (χ0) is 23.3. The molecule has 2 N–H and O–H groups in total. The molecule has 32 heavy (non-hydrogen) atoms. The van der Waals surface area contributed by atoms with Crippen LogP contribution in [0.5, 0.6) is 11.5 Å². The number of amides is 2. The molecule has 3 atom stereocenters. The molecule has 0 aliphatic carbocycles. The van der Waals surface area contributed by atoms with Crippen LogP contribution < -0.4 is 10.1 Å². The van der Waals surface area contributed by atoms with E-state index in [4.69, 9.17) is 4.74 Å². The highest BCUT2D eigenvalue weighted by Gasteiger charge is 2.70. The van der Waals surface area contributed by atoms with Crippen LogP contribution in [0.1, 0.15) is 26.3 Å². The van der Waals surface area contributed by atoms with Gasteiger partial charge in [0.25, 0.3) is 5.91 Å². The molecule has 2 aromatic rings. The molecule has 2 amide bonds. The number of halogens is 1. The second-order valence-corrected chi connectivity index (χ2v) is 11.5. The molecule has 2 aromatic carbocycles. The first kappa shape index (κ1) is 22.9. The Balaban J connectivity index is 1.49. The number of ether oxygens (including phenoxy) is 1. The number of fused-ring (bicyclic) bond motifs is 1. The van der Waals surface area contributed by atoms with E-state index in [2.05, 4.69) is 27.9 Å². The zero-order valence-electron chi connectivity index (χ0n) is 17.8. The average Bonchev–Trinajstić information content (AvgIpc) is 3.00. The molecule has 0 saturated carbocycles. The summed E-state index contributed by atoms with van der Waals surface area (Å²) in [5.74, 6) is -0.461. The summed E-state index contributed by atoms with van der Waals surface area (Å²) in [5, 5.41) is 12.0. The second-order valence-electron chi connectivity index (χ2n) is 8.59. The van der Waals surface area contributed by atoms with E-state index >= 15 is 0 Å². The summed E-state index contributed by atoms with van der Waals surface area (Å²) < 4.78 is 6.34. The zero-order valence-corrected chi connectivity index (χ0v) is 20.8. The Labute approximate surface area is 204 Å². The second kappa shape index (κ2) is 8.26. The van der Waals surface area contributed by atoms with Gasteiger partial charge in [-0.15, -0.1) is 11.8 Å². The van der Waals surface area contributed by atoms with Crippen molar-refractivity contribution in [2.24, 2.45) is 0 Å². The van der Waals surface area contributed by atoms with Gasteiger partial charge in [-0.3, -0.25) is 9.59 Å². The van der Waals surface area contributed by atoms with Crippen molar-refractivity contribution < 1.29 is 24.2 Å². The Bertz CT molecular complexity index is 1110. The Kier molecular flexibility index (Phi) is 5.91. The summed E-state index contributed by atoms with van der Waals surface area (Å²) in [6, 6.07) is 14.0. The monoisotopic (exact) mass is 566 g/mol. The van der Waals surface area contributed by atoms with E-state index < -0.39 is 27.7 Å². The summed E-state index contributed by atoms with van der Waals surface area (Å²) >= 11 is 3.59. The molecule has 2 saturated heterocycles. The quantitative estimate of drug-likeness (QED) is 0.410. The molecular formula is C23H23IN2O5S. The molecule has 7 nitrogen and oxygen atoms in total. The van der Waals surface area contributed by atoms with Crippen molar-refractivity contribution >= 4 is 52.1 Å². The van der Waals surface area contributed by atoms with Gasteiger partial charge >= 0.3 is 5.97 Å². The number of carboxylic acids is 1. The first-order valence-corrected chi connectivity index (χ1v) is 12.0. The molecule has 168 valence electrons. The van der Waals surface area contributed by atoms with Crippen LogP contribution in [-0.4, -0.2) is 49.5 Å². The van der Waals surface area contributed by atoms with Gasteiger partial charge in [-0.25, -0.2) is 4.79 Å². The minimum Gasteiger partial charge on any atom is -0.480 e. The number of hydrogen-bond acceptors (Lipinski definition) is 5. The molecule has 2 aliphatic rings. The van der Waals surface area contributed by atoms with Gasteiger partial charge in [-0.2, -0.15) is 0 Å². The van der Waals surface area contributed by atoms with Crippen LogP contribution in [0.25, 0.3) is 0 Å². The molecule has 4 rings (SSSR count). The van der Waals surface area contributed by atoms with Gasteiger partial charge in [-0.05, 0) is 61.6 Å². The number of β-lactam (4-membered cyclic amide) rings is 1. The number of rotatable bonds is 6. The van der Waals surface area contributed by atoms with Crippen LogP contribution in [0.4, 0.5) is 0 Å². The molecule has 2 fully saturated rings. The molecule has 0 bridgehead atoms. The third-order valence-corrected chi connectivity index (χ3v) is 8.43. The van der Waals surface area contributed by atoms with Crippen molar-refractivity contribution in [2.45, 2.75) is 48.9 Å². The topological polar surface area (TPSA) is 95.9 Å². The van der Waals surface area contributed by atoms with E-state index in [1.807, 2.05) is 56.3 Å². The van der Waals surface area contributed by atoms with E-state index in [1.54, 1.807) is 13.0 Å². The van der Waals surface area contributed by atoms with Gasteiger partial charge in [0.1, 0.15) is 28.5 Å². The number of benzene rings is 2. The SMILES string of the molecule is CC1(C)S[C@H]2N(C(=O)C2(C)NC(=O)Cc2ccccc2Oc2ccccc2I)[C@H]1C(=O)O. The highest BCUT2D eigenvalue weighted by molar-refractivity contribution is 14.1. The number of thioether (sulfide) groups is 1. The predicted octanol–water partition coefficient (Wildman–Crippen LogP) is 3.65. The van der Waals surface area contributed by atoms with E-state index in [0.29, 0.717) is 17.1 Å². The summed E-state index contributed by atoms with van der Waals surface area (Å²) in [4.78, 5) is 39.0. The lowest BCUT2D eigenvalue weighted by Gasteiger charge is -2.51. The summed E-state index contributed by atoms with van der Waals surface area (Å²) in [6.07, 6.45) is 0.0333. The maximum Gasteiger partial charge on any atom is 0.327 e. The number of carbonyl (C=O) groups excluding carboxylic acids is 2. The van der Waals surface area contributed by atoms with Crippen molar-refractivity contribution in [3.8, 4) is 11.5 Å². The van der Waals surface area contributed by atoms with Crippen LogP contribution >= 0.6 is 34.4 Å². The van der Waals surface area contributed by atoms with Crippen molar-refractivity contribution in [1.29, 1.82) is 0 Å². The fourth-order valence-electron chi connectivity index (χ4n) is 4.24. The molecule has 0 radical (unpaired) electrons. The van der Waals surface area contributed by atoms with Crippen LogP contribution in [0.2, 0.25) is 0 Å². The number of hydrogen-bond donors (Lipinski definition) is 2. The Morgan fingerprint density at radius 3 is 2.41 bits per heavy atom. The van der Waals surface area contributed by atoms with E-state index in [0.717, 1.165) is 3.57 Å². The van der Waals surface area contributed by atoms with Crippen molar-refractivity contribution in [1.82, 2.24) is 10.2 Å². The molecule has 9 heteroatoms. The Morgan fingerprint density at radius 2 is 1.75 bits per heavy atom. The minimum absolute atomic E-state index is 0.0333. The number of nitrogens with zero attached hydrogens (tertiary/aromatic N) is 1. The van der Waals surface area contributed by atoms with Gasteiger partial charge < -0.3 is 20.1 Å². The fourth-order valence-corrected chi connectivity index (χ4v) is 6.38. The van der Waals surface area contributed by atoms with E-state index in [9.17, 15) is 19.5 Å². The lowest BCUT2D eigenvalue weighted by atomic mass is 9.86. The first-order chi connectivity index (χ1) is 15.0. The van der Waals surface area contributed by atoms with E-state index in [1.165, 1.54) is 16.7 Å². The molecular weight excluding hydrogens is 543 g/mol. The maximum absolute atomic E-state index is 12.9. The molecule has 0 aromatic heterocycles. The number of para-hydroxylation sites is 2. The third-order valence-electron chi connectivity index (χ3n) is 5.79. The molecule has 1 unspecified atom stereocenters. The standard InChI is InChI=1S/C23H23IN2O5S/c1-22(2)18(19(28)29)26-20(30)23(3,21(26)32-22)25-17(27)12-13-8-4-6-10-15(13)31-16-11-7-5-9-14(16)24/h4-11,18,21H,12H2,1-3H3,(H,25,27)(H,28,29)/t18-,21+,23?/m0/s1. The molecule has 0 spiro atoms. The number of nitrogens with one attached hydrogen (secondary N) is 1. The first-order valence-electron chi connectivity index (χ1n) is 10.1. The van der Waals surface area contributed by atoms with Crippen molar-refractivity contribution in [2.75, 3.05) is 0 Å². The number of carbonyl (C=O) groups is 3. The van der Waals surface area contributed by atoms with Gasteiger partial charge in [0, 0.05) is 10.3 Å². The van der Waals surface area contributed by atoms with Crippen molar-refractivity contribution in [3.63, 3.8) is 0 Å². The lowest BCUT2D eigenvalue weighted by molar-refractivity contribution is -0.167. The largest absolute Gasteiger partial charge is 0.480 e. The number of carboxylic acid groups (broad SMARTS) is 1. The van der Waals surface area contributed by atoms with Crippen molar-refractivity contribution in [3.05, 3.63) is 57.7 Å². The minimum atomic E-state index is -1.15. The molecule has 2 heterocycles. The Morgan fingerprint density at radius 1 is 1.12 bits per heavy atom. The lowest BCUT2D eigenvalue weighted by Crippen LogP contribution is -2.78. The third kappa shape index (κ3) is 3.85. The van der Waals surface area contributed by atoms with Crippen LogP contribution in [0, 0.1) is 3.57 Å². The van der Waals surface area contributed by atoms with Gasteiger partial charge in [0.05, 0.1) is 9.99 Å². The predicted molar refractivity (Wildman–Crippen MR) is 130 cm³/mol. The number of aliphatic carboxylic acids is 1. The summed E-state index contributed by atoms with van der Waals surface area (Å²) in [7, 11) is 0. The summed E-state index contributed by atoms with van der Waals surface area (Å²) in [6.45, 7) is 5.28. The average molecular weight is 566 g/mol. The Hall–Kier alpha value is -2.27. The normalized spacial score (nSPS) is 25.6. The van der Waals surface area contributed by atoms with Crippen LogP contribution in [0.15, 0.2) is 48.5 Å². The van der Waals surface area contributed by atoms with Crippen LogP contribution in [-0.2, 0) is 20.8 Å². The highest BCUT2D eigenvalue weighted by Crippen LogP contribution is 2.54. The van der Waals surface area contributed by atoms with E-state index in [-0.39, 0.29) is 18.2 Å². The maximum atomic E-state index is 12.9. The van der Waals surface area contributed by atoms with Crippen LogP contribution in [0.3, 0.4) is 0 Å². The van der Waals surface area contributed by atoms with Gasteiger partial charge in [0.15, 0.2) is 0 Å². The smallest absolute Gasteiger partial charge is 0.327 e.